The topological polar surface area (TPSA) is 36.9 Å². The van der Waals surface area contributed by atoms with Gasteiger partial charge in [0.2, 0.25) is 0 Å². The second kappa shape index (κ2) is 12.7. The summed E-state index contributed by atoms with van der Waals surface area (Å²) in [7, 11) is 1.67. The lowest BCUT2D eigenvalue weighted by atomic mass is 9.98. The predicted molar refractivity (Wildman–Crippen MR) is 128 cm³/mol. The molecule has 0 radical (unpaired) electrons. The molecular weight excluding hydrogens is 495 g/mol. The van der Waals surface area contributed by atoms with E-state index in [1.807, 2.05) is 18.2 Å². The highest BCUT2D eigenvalue weighted by atomic mass is 19.3. The number of halogens is 5. The summed E-state index contributed by atoms with van der Waals surface area (Å²) in [5, 5.41) is 1.19. The summed E-state index contributed by atoms with van der Waals surface area (Å²) in [6.45, 7) is -1.37. The van der Waals surface area contributed by atoms with Crippen molar-refractivity contribution in [2.24, 2.45) is 5.92 Å². The number of ether oxygens (including phenoxy) is 4. The number of hydrogen-bond acceptors (Lipinski definition) is 4. The van der Waals surface area contributed by atoms with Crippen LogP contribution in [0.4, 0.5) is 22.0 Å². The minimum atomic E-state index is -3.34. The fourth-order valence-electron chi connectivity index (χ4n) is 4.46. The van der Waals surface area contributed by atoms with E-state index in [-0.39, 0.29) is 24.7 Å². The number of fused-ring (bicyclic) bond motifs is 1. The Labute approximate surface area is 212 Å². The van der Waals surface area contributed by atoms with Crippen LogP contribution < -0.4 is 4.74 Å². The lowest BCUT2D eigenvalue weighted by Crippen LogP contribution is -2.32. The van der Waals surface area contributed by atoms with Crippen molar-refractivity contribution in [2.45, 2.75) is 45.0 Å². The average molecular weight is 525 g/mol. The molecule has 4 rings (SSSR count). The molecule has 0 bridgehead atoms. The number of hydrogen-bond donors (Lipinski definition) is 0. The first-order valence-corrected chi connectivity index (χ1v) is 12.2. The highest BCUT2D eigenvalue weighted by Crippen LogP contribution is 2.28. The molecule has 1 fully saturated rings. The van der Waals surface area contributed by atoms with Crippen molar-refractivity contribution in [1.29, 1.82) is 0 Å². The fraction of sp³-hybridized carbons (Fsp3) is 0.429. The summed E-state index contributed by atoms with van der Waals surface area (Å²) in [5.41, 5.74) is 1.63. The summed E-state index contributed by atoms with van der Waals surface area (Å²) in [5.74, 6) is -3.64. The zero-order valence-electron chi connectivity index (χ0n) is 20.5. The van der Waals surface area contributed by atoms with E-state index in [1.165, 1.54) is 0 Å². The van der Waals surface area contributed by atoms with Crippen molar-refractivity contribution in [1.82, 2.24) is 0 Å². The van der Waals surface area contributed by atoms with Gasteiger partial charge in [0.15, 0.2) is 23.7 Å². The van der Waals surface area contributed by atoms with Crippen LogP contribution >= 0.6 is 0 Å². The lowest BCUT2D eigenvalue weighted by Gasteiger charge is -2.29. The molecule has 0 aromatic heterocycles. The third-order valence-corrected chi connectivity index (χ3v) is 6.48. The van der Waals surface area contributed by atoms with Crippen LogP contribution in [0.5, 0.6) is 5.75 Å². The van der Waals surface area contributed by atoms with Crippen LogP contribution in [0.3, 0.4) is 0 Å². The molecule has 1 saturated heterocycles. The van der Waals surface area contributed by atoms with E-state index in [2.05, 4.69) is 4.74 Å². The Kier molecular flexibility index (Phi) is 9.34. The minimum absolute atomic E-state index is 0.122. The maximum Gasteiger partial charge on any atom is 0.387 e. The van der Waals surface area contributed by atoms with Crippen LogP contribution in [-0.2, 0) is 33.5 Å². The van der Waals surface area contributed by atoms with Crippen LogP contribution in [0, 0.1) is 23.4 Å². The Bertz CT molecular complexity index is 1170. The molecule has 3 aromatic rings. The number of benzene rings is 3. The number of rotatable bonds is 11. The van der Waals surface area contributed by atoms with E-state index >= 15 is 4.39 Å². The third kappa shape index (κ3) is 7.18. The number of aryl methyl sites for hydroxylation is 3. The molecule has 0 saturated carbocycles. The van der Waals surface area contributed by atoms with E-state index in [9.17, 15) is 17.6 Å². The molecular formula is C28H29F5O4. The molecule has 0 N–H and O–H groups in total. The van der Waals surface area contributed by atoms with Gasteiger partial charge in [0.1, 0.15) is 5.82 Å². The van der Waals surface area contributed by atoms with Crippen LogP contribution in [0.15, 0.2) is 42.5 Å². The van der Waals surface area contributed by atoms with Gasteiger partial charge in [0, 0.05) is 31.4 Å². The second-order valence-corrected chi connectivity index (χ2v) is 9.14. The standard InChI is InChI=1S/C28H29F5O4/c1-34-11-10-19-15-35-25(36-16-19)9-4-17-3-8-22-21(12-17)7-6-20(26(22)31)5-2-18-13-23(29)27(24(30)14-18)37-28(32)33/h3,6-8,12-14,19,25,28H,2,4-5,9-11,15-16H2,1H3. The first-order chi connectivity index (χ1) is 17.8. The van der Waals surface area contributed by atoms with E-state index in [1.54, 1.807) is 19.2 Å². The van der Waals surface area contributed by atoms with Crippen LogP contribution in [-0.4, -0.2) is 39.8 Å². The molecule has 4 nitrogen and oxygen atoms in total. The van der Waals surface area contributed by atoms with E-state index in [4.69, 9.17) is 14.2 Å². The molecule has 0 aliphatic carbocycles. The maximum absolute atomic E-state index is 15.2. The minimum Gasteiger partial charge on any atom is -0.429 e. The zero-order chi connectivity index (χ0) is 26.4. The Morgan fingerprint density at radius 1 is 0.865 bits per heavy atom. The predicted octanol–water partition coefficient (Wildman–Crippen LogP) is 6.60. The Morgan fingerprint density at radius 2 is 1.59 bits per heavy atom. The Morgan fingerprint density at radius 3 is 2.27 bits per heavy atom. The van der Waals surface area contributed by atoms with Gasteiger partial charge >= 0.3 is 6.61 Å². The summed E-state index contributed by atoms with van der Waals surface area (Å²) < 4.78 is 88.3. The fourth-order valence-corrected chi connectivity index (χ4v) is 4.46. The van der Waals surface area contributed by atoms with Crippen LogP contribution in [0.2, 0.25) is 0 Å². The quantitative estimate of drug-likeness (QED) is 0.265. The van der Waals surface area contributed by atoms with E-state index in [0.29, 0.717) is 43.1 Å². The molecule has 200 valence electrons. The molecule has 0 spiro atoms. The van der Waals surface area contributed by atoms with Crippen molar-refractivity contribution in [3.05, 3.63) is 76.6 Å². The summed E-state index contributed by atoms with van der Waals surface area (Å²) in [6, 6.07) is 10.8. The molecule has 1 aliphatic rings. The van der Waals surface area contributed by atoms with E-state index < -0.39 is 29.8 Å². The molecule has 37 heavy (non-hydrogen) atoms. The average Bonchev–Trinajstić information content (AvgIpc) is 2.88. The third-order valence-electron chi connectivity index (χ3n) is 6.48. The van der Waals surface area contributed by atoms with Crippen molar-refractivity contribution in [3.8, 4) is 5.75 Å². The Balaban J connectivity index is 1.35. The van der Waals surface area contributed by atoms with Crippen molar-refractivity contribution >= 4 is 10.8 Å². The summed E-state index contributed by atoms with van der Waals surface area (Å²) >= 11 is 0. The second-order valence-electron chi connectivity index (χ2n) is 9.14. The molecule has 9 heteroatoms. The molecule has 0 amide bonds. The zero-order valence-corrected chi connectivity index (χ0v) is 20.5. The molecule has 0 atom stereocenters. The first kappa shape index (κ1) is 27.3. The highest BCUT2D eigenvalue weighted by molar-refractivity contribution is 5.84. The Hall–Kier alpha value is -2.75. The molecule has 3 aromatic carbocycles. The maximum atomic E-state index is 15.2. The van der Waals surface area contributed by atoms with E-state index in [0.717, 1.165) is 35.9 Å². The normalized spacial score (nSPS) is 18.0. The lowest BCUT2D eigenvalue weighted by molar-refractivity contribution is -0.204. The smallest absolute Gasteiger partial charge is 0.387 e. The highest BCUT2D eigenvalue weighted by Gasteiger charge is 2.22. The van der Waals surface area contributed by atoms with Gasteiger partial charge in [-0.25, -0.2) is 13.2 Å². The number of methoxy groups -OCH3 is 1. The van der Waals surface area contributed by atoms with Gasteiger partial charge in [0.25, 0.3) is 0 Å². The van der Waals surface area contributed by atoms with Gasteiger partial charge in [-0.3, -0.25) is 0 Å². The van der Waals surface area contributed by atoms with Crippen molar-refractivity contribution in [3.63, 3.8) is 0 Å². The van der Waals surface area contributed by atoms with Crippen LogP contribution in [0.25, 0.3) is 10.8 Å². The molecule has 1 aliphatic heterocycles. The van der Waals surface area contributed by atoms with Gasteiger partial charge in [-0.15, -0.1) is 0 Å². The van der Waals surface area contributed by atoms with Gasteiger partial charge in [-0.2, -0.15) is 8.78 Å². The largest absolute Gasteiger partial charge is 0.429 e. The van der Waals surface area contributed by atoms with Gasteiger partial charge in [-0.05, 0) is 59.9 Å². The summed E-state index contributed by atoms with van der Waals surface area (Å²) in [4.78, 5) is 0. The van der Waals surface area contributed by atoms with Gasteiger partial charge in [-0.1, -0.05) is 30.3 Å². The molecule has 0 unspecified atom stereocenters. The summed E-state index contributed by atoms with van der Waals surface area (Å²) in [6.07, 6.45) is 2.35. The van der Waals surface area contributed by atoms with Gasteiger partial charge < -0.3 is 18.9 Å². The van der Waals surface area contributed by atoms with Gasteiger partial charge in [0.05, 0.1) is 13.2 Å². The monoisotopic (exact) mass is 524 g/mol. The van der Waals surface area contributed by atoms with Crippen molar-refractivity contribution in [2.75, 3.05) is 26.9 Å². The SMILES string of the molecule is COCCC1COC(CCc2ccc3c(F)c(CCc4cc(F)c(OC(F)F)c(F)c4)ccc3c2)OC1. The molecule has 1 heterocycles. The number of alkyl halides is 2. The van der Waals surface area contributed by atoms with Crippen molar-refractivity contribution < 1.29 is 40.9 Å². The van der Waals surface area contributed by atoms with Crippen LogP contribution in [0.1, 0.15) is 29.5 Å². The first-order valence-electron chi connectivity index (χ1n) is 12.2.